The molecule has 0 saturated heterocycles. The quantitative estimate of drug-likeness (QED) is 0.213. The summed E-state index contributed by atoms with van der Waals surface area (Å²) in [4.78, 5) is 52.7. The highest BCUT2D eigenvalue weighted by Gasteiger charge is 2.30. The maximum Gasteiger partial charge on any atom is 0.336 e. The summed E-state index contributed by atoms with van der Waals surface area (Å²) in [6.45, 7) is 2.02. The van der Waals surface area contributed by atoms with Crippen LogP contribution in [0.5, 0.6) is 0 Å². The van der Waals surface area contributed by atoms with E-state index < -0.39 is 29.7 Å². The minimum atomic E-state index is -1.39. The molecule has 0 spiro atoms. The number of anilines is 1. The molecule has 4 aromatic rings. The minimum Gasteiger partial charge on any atom is -0.481 e. The fourth-order valence-corrected chi connectivity index (χ4v) is 4.10. The van der Waals surface area contributed by atoms with Gasteiger partial charge >= 0.3 is 17.9 Å². The molecule has 38 heavy (non-hydrogen) atoms. The molecular formula is C28H25N3O7. The van der Waals surface area contributed by atoms with Gasteiger partial charge in [-0.15, -0.1) is 0 Å². The number of fused-ring (bicyclic) bond motifs is 1. The number of benzene rings is 3. The van der Waals surface area contributed by atoms with Crippen molar-refractivity contribution in [2.75, 3.05) is 11.9 Å². The Morgan fingerprint density at radius 2 is 1.58 bits per heavy atom. The molecule has 0 aliphatic heterocycles. The summed E-state index contributed by atoms with van der Waals surface area (Å²) in [5.41, 5.74) is 2.70. The second-order valence-electron chi connectivity index (χ2n) is 8.45. The van der Waals surface area contributed by atoms with Crippen LogP contribution in [0.2, 0.25) is 0 Å². The topological polar surface area (TPSA) is 148 Å². The van der Waals surface area contributed by atoms with E-state index in [0.29, 0.717) is 23.6 Å². The molecule has 4 rings (SSSR count). The number of nitrogens with one attached hydrogen (secondary N) is 1. The number of carboxylic acid groups (broad SMARTS) is 2. The van der Waals surface area contributed by atoms with Crippen LogP contribution in [-0.2, 0) is 27.3 Å². The van der Waals surface area contributed by atoms with E-state index in [1.54, 1.807) is 43.3 Å². The number of para-hydroxylation sites is 2. The number of hydrogen-bond acceptors (Lipinski definition) is 6. The number of carbonyl (C=O) groups excluding carboxylic acids is 2. The van der Waals surface area contributed by atoms with Gasteiger partial charge in [0.25, 0.3) is 5.91 Å². The maximum atomic E-state index is 12.7. The van der Waals surface area contributed by atoms with Crippen LogP contribution in [-0.4, -0.2) is 50.2 Å². The van der Waals surface area contributed by atoms with E-state index in [4.69, 9.17) is 4.74 Å². The zero-order valence-corrected chi connectivity index (χ0v) is 20.5. The minimum absolute atomic E-state index is 0.0492. The van der Waals surface area contributed by atoms with E-state index >= 15 is 0 Å². The van der Waals surface area contributed by atoms with Gasteiger partial charge < -0.3 is 24.8 Å². The number of nitrogens with zero attached hydrogens (tertiary/aromatic N) is 2. The van der Waals surface area contributed by atoms with Gasteiger partial charge in [-0.2, -0.15) is 0 Å². The first-order chi connectivity index (χ1) is 18.3. The molecule has 1 aromatic heterocycles. The average Bonchev–Trinajstić information content (AvgIpc) is 3.25. The van der Waals surface area contributed by atoms with Crippen molar-refractivity contribution in [2.45, 2.75) is 19.9 Å². The summed E-state index contributed by atoms with van der Waals surface area (Å²) < 4.78 is 6.79. The lowest BCUT2D eigenvalue weighted by Gasteiger charge is -2.14. The second-order valence-corrected chi connectivity index (χ2v) is 8.45. The van der Waals surface area contributed by atoms with Crippen molar-refractivity contribution < 1.29 is 34.1 Å². The predicted molar refractivity (Wildman–Crippen MR) is 138 cm³/mol. The van der Waals surface area contributed by atoms with E-state index in [2.05, 4.69) is 10.3 Å². The van der Waals surface area contributed by atoms with Crippen LogP contribution < -0.4 is 5.32 Å². The number of esters is 1. The van der Waals surface area contributed by atoms with Crippen molar-refractivity contribution in [1.29, 1.82) is 0 Å². The van der Waals surface area contributed by atoms with Crippen LogP contribution in [0, 0.1) is 5.92 Å². The summed E-state index contributed by atoms with van der Waals surface area (Å²) in [7, 11) is 0. The highest BCUT2D eigenvalue weighted by molar-refractivity contribution is 6.10. The summed E-state index contributed by atoms with van der Waals surface area (Å²) in [5.74, 6) is -4.80. The third-order valence-corrected chi connectivity index (χ3v) is 5.94. The summed E-state index contributed by atoms with van der Waals surface area (Å²) in [6.07, 6.45) is -0.139. The third kappa shape index (κ3) is 5.70. The molecular weight excluding hydrogens is 490 g/mol. The van der Waals surface area contributed by atoms with E-state index in [-0.39, 0.29) is 24.2 Å². The Labute approximate surface area is 217 Å². The lowest BCUT2D eigenvalue weighted by Crippen LogP contribution is -2.29. The van der Waals surface area contributed by atoms with E-state index in [1.165, 1.54) is 12.1 Å². The molecule has 1 amide bonds. The van der Waals surface area contributed by atoms with Crippen LogP contribution in [0.4, 0.5) is 5.69 Å². The number of carboxylic acids is 2. The van der Waals surface area contributed by atoms with E-state index in [9.17, 15) is 29.4 Å². The fourth-order valence-electron chi connectivity index (χ4n) is 4.10. The molecule has 0 radical (unpaired) electrons. The molecule has 194 valence electrons. The molecule has 0 fully saturated rings. The van der Waals surface area contributed by atoms with Gasteiger partial charge in [-0.1, -0.05) is 36.4 Å². The molecule has 0 saturated carbocycles. The van der Waals surface area contributed by atoms with Crippen LogP contribution in [0.25, 0.3) is 11.0 Å². The number of amides is 1. The van der Waals surface area contributed by atoms with Crippen molar-refractivity contribution >= 4 is 40.5 Å². The predicted octanol–water partition coefficient (Wildman–Crippen LogP) is 3.84. The molecule has 0 aliphatic rings. The Kier molecular flexibility index (Phi) is 7.81. The first kappa shape index (κ1) is 26.1. The molecule has 0 aliphatic carbocycles. The van der Waals surface area contributed by atoms with Gasteiger partial charge in [-0.05, 0) is 48.9 Å². The molecule has 3 N–H and O–H groups in total. The molecule has 1 unspecified atom stereocenters. The normalized spacial score (nSPS) is 11.6. The van der Waals surface area contributed by atoms with Gasteiger partial charge in [0.05, 0.1) is 28.8 Å². The number of rotatable bonds is 10. The SMILES string of the molecule is CCOC(=O)C(Cc1nc2ccccc2n1Cc1ccc(NC(=O)c2ccccc2C(=O)O)cc1)C(=O)O. The van der Waals surface area contributed by atoms with E-state index in [1.807, 2.05) is 28.8 Å². The fraction of sp³-hybridized carbons (Fsp3) is 0.179. The molecule has 10 nitrogen and oxygen atoms in total. The third-order valence-electron chi connectivity index (χ3n) is 5.94. The number of ether oxygens (including phenoxy) is 1. The zero-order valence-electron chi connectivity index (χ0n) is 20.5. The number of imidazole rings is 1. The van der Waals surface area contributed by atoms with Crippen molar-refractivity contribution in [3.8, 4) is 0 Å². The number of aromatic nitrogens is 2. The van der Waals surface area contributed by atoms with Crippen molar-refractivity contribution in [1.82, 2.24) is 9.55 Å². The molecule has 1 atom stereocenters. The molecule has 0 bridgehead atoms. The Morgan fingerprint density at radius 3 is 2.24 bits per heavy atom. The number of hydrogen-bond donors (Lipinski definition) is 3. The molecule has 1 heterocycles. The summed E-state index contributed by atoms with van der Waals surface area (Å²) >= 11 is 0. The Hall–Kier alpha value is -4.99. The van der Waals surface area contributed by atoms with Gasteiger partial charge in [0.2, 0.25) is 0 Å². The number of aliphatic carboxylic acids is 1. The Morgan fingerprint density at radius 1 is 0.921 bits per heavy atom. The van der Waals surface area contributed by atoms with Crippen LogP contribution >= 0.6 is 0 Å². The largest absolute Gasteiger partial charge is 0.481 e. The number of carbonyl (C=O) groups is 4. The van der Waals surface area contributed by atoms with Crippen molar-refractivity contribution in [3.63, 3.8) is 0 Å². The zero-order chi connectivity index (χ0) is 27.2. The van der Waals surface area contributed by atoms with E-state index in [0.717, 1.165) is 11.1 Å². The summed E-state index contributed by atoms with van der Waals surface area (Å²) in [5, 5.41) is 21.7. The highest BCUT2D eigenvalue weighted by Crippen LogP contribution is 2.22. The first-order valence-electron chi connectivity index (χ1n) is 11.8. The van der Waals surface area contributed by atoms with Gasteiger partial charge in [0.1, 0.15) is 5.82 Å². The molecule has 3 aromatic carbocycles. The Bertz CT molecular complexity index is 1510. The van der Waals surface area contributed by atoms with Gasteiger partial charge in [0, 0.05) is 18.7 Å². The van der Waals surface area contributed by atoms with Crippen LogP contribution in [0.15, 0.2) is 72.8 Å². The lowest BCUT2D eigenvalue weighted by molar-refractivity contribution is -0.158. The van der Waals surface area contributed by atoms with Crippen LogP contribution in [0.3, 0.4) is 0 Å². The lowest BCUT2D eigenvalue weighted by atomic mass is 10.1. The molecule has 10 heteroatoms. The first-order valence-corrected chi connectivity index (χ1v) is 11.8. The summed E-state index contributed by atoms with van der Waals surface area (Å²) in [6, 6.07) is 20.2. The standard InChI is InChI=1S/C28H25N3O7/c1-2-38-28(37)21(27(35)36)15-24-30-22-9-5-6-10-23(22)31(24)16-17-11-13-18(14-12-17)29-25(32)19-7-3-4-8-20(19)26(33)34/h3-14,21H,2,15-16H2,1H3,(H,29,32)(H,33,34)(H,35,36). The van der Waals surface area contributed by atoms with Gasteiger partial charge in [-0.3, -0.25) is 14.4 Å². The van der Waals surface area contributed by atoms with Crippen LogP contribution in [0.1, 0.15) is 39.0 Å². The van der Waals surface area contributed by atoms with Gasteiger partial charge in [0.15, 0.2) is 5.92 Å². The second kappa shape index (κ2) is 11.4. The van der Waals surface area contributed by atoms with Gasteiger partial charge in [-0.25, -0.2) is 9.78 Å². The smallest absolute Gasteiger partial charge is 0.336 e. The average molecular weight is 516 g/mol. The van der Waals surface area contributed by atoms with Crippen molar-refractivity contribution in [2.24, 2.45) is 5.92 Å². The maximum absolute atomic E-state index is 12.7. The Balaban J connectivity index is 1.57. The monoisotopic (exact) mass is 515 g/mol. The van der Waals surface area contributed by atoms with Crippen molar-refractivity contribution in [3.05, 3.63) is 95.3 Å². The number of aromatic carboxylic acids is 1. The highest BCUT2D eigenvalue weighted by atomic mass is 16.5.